The van der Waals surface area contributed by atoms with Gasteiger partial charge in [-0.2, -0.15) is 20.2 Å². The fourth-order valence-corrected chi connectivity index (χ4v) is 4.03. The highest BCUT2D eigenvalue weighted by Crippen LogP contribution is 2.44. The Labute approximate surface area is 139 Å². The minimum Gasteiger partial charge on any atom is -0.469 e. The smallest absolute Gasteiger partial charge is 0.311 e. The van der Waals surface area contributed by atoms with Crippen LogP contribution in [0.25, 0.3) is 0 Å². The monoisotopic (exact) mass is 354 g/mol. The summed E-state index contributed by atoms with van der Waals surface area (Å²) in [5, 5.41) is 0. The molecule has 0 spiro atoms. The van der Waals surface area contributed by atoms with Crippen molar-refractivity contribution in [1.82, 2.24) is 0 Å². The van der Waals surface area contributed by atoms with Crippen LogP contribution in [0.4, 0.5) is 0 Å². The van der Waals surface area contributed by atoms with Gasteiger partial charge in [0.05, 0.1) is 25.4 Å². The third-order valence-electron chi connectivity index (χ3n) is 4.25. The summed E-state index contributed by atoms with van der Waals surface area (Å²) in [6, 6.07) is 0. The molecule has 0 aliphatic heterocycles. The van der Waals surface area contributed by atoms with E-state index in [9.17, 15) is 13.2 Å². The van der Waals surface area contributed by atoms with E-state index in [0.717, 1.165) is 12.7 Å². The van der Waals surface area contributed by atoms with Crippen molar-refractivity contribution in [3.8, 4) is 0 Å². The molecule has 0 aromatic rings. The van der Waals surface area contributed by atoms with Crippen molar-refractivity contribution < 1.29 is 22.1 Å². The maximum Gasteiger partial charge on any atom is 0.311 e. The fraction of sp³-hybridized carbons (Fsp3) is 0.933. The highest BCUT2D eigenvalue weighted by atomic mass is 32.2. The number of methoxy groups -OCH3 is 1. The Balaban J connectivity index is 4.87. The highest BCUT2D eigenvalue weighted by Gasteiger charge is 2.43. The van der Waals surface area contributed by atoms with E-state index < -0.39 is 15.5 Å². The van der Waals surface area contributed by atoms with Crippen LogP contribution >= 0.6 is 11.8 Å². The topological polar surface area (TPSA) is 69.7 Å². The van der Waals surface area contributed by atoms with Crippen LogP contribution in [0.2, 0.25) is 0 Å². The number of esters is 1. The molecule has 0 bridgehead atoms. The van der Waals surface area contributed by atoms with E-state index in [2.05, 4.69) is 13.8 Å². The number of carbonyl (C=O) groups is 1. The summed E-state index contributed by atoms with van der Waals surface area (Å²) in [7, 11) is -1.99. The lowest BCUT2D eigenvalue weighted by Gasteiger charge is -2.39. The molecule has 0 aromatic heterocycles. The average molecular weight is 355 g/mol. The third-order valence-corrected chi connectivity index (χ3v) is 6.34. The van der Waals surface area contributed by atoms with Crippen LogP contribution in [0.15, 0.2) is 0 Å². The van der Waals surface area contributed by atoms with E-state index in [1.54, 1.807) is 11.8 Å². The molecule has 2 unspecified atom stereocenters. The minimum atomic E-state index is -3.40. The first kappa shape index (κ1) is 21.7. The molecule has 0 aliphatic carbocycles. The van der Waals surface area contributed by atoms with Gasteiger partial charge in [-0.15, -0.1) is 0 Å². The van der Waals surface area contributed by atoms with Crippen LogP contribution < -0.4 is 0 Å². The summed E-state index contributed by atoms with van der Waals surface area (Å²) < 4.78 is 31.6. The van der Waals surface area contributed by atoms with Crippen molar-refractivity contribution in [2.75, 3.05) is 25.7 Å². The SMILES string of the molecule is CCC(C)(CC(C)(C(=O)OC)C(C)C)SCCOS(C)(=O)=O. The van der Waals surface area contributed by atoms with Crippen molar-refractivity contribution in [2.24, 2.45) is 11.3 Å². The second-order valence-corrected chi connectivity index (χ2v) is 9.75. The minimum absolute atomic E-state index is 0.145. The molecule has 132 valence electrons. The maximum atomic E-state index is 12.2. The molecule has 0 saturated carbocycles. The Morgan fingerprint density at radius 2 is 1.82 bits per heavy atom. The van der Waals surface area contributed by atoms with Gasteiger partial charge in [-0.05, 0) is 25.7 Å². The first-order valence-electron chi connectivity index (χ1n) is 7.47. The normalized spacial score (nSPS) is 17.8. The standard InChI is InChI=1S/C15H30O5S2/c1-8-14(4,21-10-9-20-22(7,17)18)11-15(5,12(2)3)13(16)19-6/h12H,8-11H2,1-7H3. The van der Waals surface area contributed by atoms with Crippen molar-refractivity contribution in [2.45, 2.75) is 52.2 Å². The van der Waals surface area contributed by atoms with E-state index in [4.69, 9.17) is 8.92 Å². The summed E-state index contributed by atoms with van der Waals surface area (Å²) in [4.78, 5) is 12.2. The number of ether oxygens (including phenoxy) is 1. The molecule has 2 atom stereocenters. The third kappa shape index (κ3) is 6.87. The molecule has 0 fully saturated rings. The Bertz CT molecular complexity index is 461. The van der Waals surface area contributed by atoms with E-state index in [1.807, 2.05) is 20.8 Å². The lowest BCUT2D eigenvalue weighted by Crippen LogP contribution is -2.41. The van der Waals surface area contributed by atoms with Gasteiger partial charge in [-0.3, -0.25) is 8.98 Å². The Kier molecular flexibility index (Phi) is 8.44. The largest absolute Gasteiger partial charge is 0.469 e. The molecule has 0 saturated heterocycles. The quantitative estimate of drug-likeness (QED) is 0.341. The van der Waals surface area contributed by atoms with Crippen molar-refractivity contribution >= 4 is 27.8 Å². The van der Waals surface area contributed by atoms with Gasteiger partial charge >= 0.3 is 5.97 Å². The van der Waals surface area contributed by atoms with E-state index in [-0.39, 0.29) is 23.2 Å². The Morgan fingerprint density at radius 1 is 1.27 bits per heavy atom. The number of hydrogen-bond acceptors (Lipinski definition) is 6. The second kappa shape index (κ2) is 8.55. The first-order valence-corrected chi connectivity index (χ1v) is 10.3. The summed E-state index contributed by atoms with van der Waals surface area (Å²) in [6.45, 7) is 10.3. The van der Waals surface area contributed by atoms with Gasteiger partial charge in [0.1, 0.15) is 0 Å². The Hall–Kier alpha value is -0.270. The van der Waals surface area contributed by atoms with Gasteiger partial charge in [0, 0.05) is 10.5 Å². The second-order valence-electron chi connectivity index (χ2n) is 6.42. The highest BCUT2D eigenvalue weighted by molar-refractivity contribution is 8.00. The van der Waals surface area contributed by atoms with Gasteiger partial charge in [0.15, 0.2) is 0 Å². The molecule has 5 nitrogen and oxygen atoms in total. The fourth-order valence-electron chi connectivity index (χ4n) is 2.27. The zero-order valence-corrected chi connectivity index (χ0v) is 16.4. The lowest BCUT2D eigenvalue weighted by molar-refractivity contribution is -0.155. The van der Waals surface area contributed by atoms with Crippen LogP contribution in [0.5, 0.6) is 0 Å². The number of carbonyl (C=O) groups excluding carboxylic acids is 1. The number of hydrogen-bond donors (Lipinski definition) is 0. The molecule has 22 heavy (non-hydrogen) atoms. The summed E-state index contributed by atoms with van der Waals surface area (Å²) in [6.07, 6.45) is 2.59. The zero-order valence-electron chi connectivity index (χ0n) is 14.8. The zero-order chi connectivity index (χ0) is 17.6. The van der Waals surface area contributed by atoms with Crippen LogP contribution in [-0.4, -0.2) is 44.9 Å². The van der Waals surface area contributed by atoms with E-state index in [1.165, 1.54) is 7.11 Å². The van der Waals surface area contributed by atoms with Crippen molar-refractivity contribution in [3.05, 3.63) is 0 Å². The van der Waals surface area contributed by atoms with E-state index in [0.29, 0.717) is 12.2 Å². The summed E-state index contributed by atoms with van der Waals surface area (Å²) in [5.41, 5.74) is -0.565. The van der Waals surface area contributed by atoms with Crippen molar-refractivity contribution in [3.63, 3.8) is 0 Å². The molecule has 0 radical (unpaired) electrons. The Morgan fingerprint density at radius 3 is 2.18 bits per heavy atom. The molecular formula is C15H30O5S2. The van der Waals surface area contributed by atoms with Gasteiger partial charge in [-0.1, -0.05) is 27.7 Å². The molecule has 0 amide bonds. The molecule has 0 aliphatic rings. The maximum absolute atomic E-state index is 12.2. The van der Waals surface area contributed by atoms with Crippen LogP contribution in [-0.2, 0) is 23.8 Å². The van der Waals surface area contributed by atoms with Crippen LogP contribution in [0.3, 0.4) is 0 Å². The molecule has 0 rings (SSSR count). The van der Waals surface area contributed by atoms with E-state index >= 15 is 0 Å². The van der Waals surface area contributed by atoms with Crippen LogP contribution in [0, 0.1) is 11.3 Å². The van der Waals surface area contributed by atoms with Gasteiger partial charge in [-0.25, -0.2) is 0 Å². The number of thioether (sulfide) groups is 1. The lowest BCUT2D eigenvalue weighted by atomic mass is 9.72. The first-order chi connectivity index (χ1) is 9.90. The predicted octanol–water partition coefficient (Wildman–Crippen LogP) is 3.09. The van der Waals surface area contributed by atoms with Crippen molar-refractivity contribution in [1.29, 1.82) is 0 Å². The molecule has 0 aromatic carbocycles. The summed E-state index contributed by atoms with van der Waals surface area (Å²) >= 11 is 1.64. The van der Waals surface area contributed by atoms with Gasteiger partial charge in [0.2, 0.25) is 0 Å². The van der Waals surface area contributed by atoms with Crippen LogP contribution in [0.1, 0.15) is 47.5 Å². The number of rotatable bonds is 10. The summed E-state index contributed by atoms with van der Waals surface area (Å²) in [5.74, 6) is 0.515. The molecular weight excluding hydrogens is 324 g/mol. The average Bonchev–Trinajstić information content (AvgIpc) is 2.41. The predicted molar refractivity (Wildman–Crippen MR) is 91.5 cm³/mol. The van der Waals surface area contributed by atoms with Gasteiger partial charge in [0.25, 0.3) is 10.1 Å². The molecule has 0 heterocycles. The molecule has 7 heteroatoms. The molecule has 0 N–H and O–H groups in total. The van der Waals surface area contributed by atoms with Gasteiger partial charge < -0.3 is 4.74 Å².